The first-order chi connectivity index (χ1) is 8.52. The summed E-state index contributed by atoms with van der Waals surface area (Å²) < 4.78 is 2.16. The minimum atomic E-state index is 0.614. The van der Waals surface area contributed by atoms with E-state index in [0.717, 1.165) is 13.1 Å². The van der Waals surface area contributed by atoms with Crippen molar-refractivity contribution < 1.29 is 0 Å². The zero-order valence-corrected chi connectivity index (χ0v) is 12.7. The fraction of sp³-hybridized carbons (Fsp3) is 0.800. The first kappa shape index (κ1) is 15.2. The fourth-order valence-corrected chi connectivity index (χ4v) is 2.14. The first-order valence-corrected chi connectivity index (χ1v) is 7.26. The summed E-state index contributed by atoms with van der Waals surface area (Å²) in [7, 11) is 0. The number of nitrogens with one attached hydrogen (secondary N) is 1. The maximum atomic E-state index is 4.57. The predicted molar refractivity (Wildman–Crippen MR) is 78.0 cm³/mol. The third-order valence-electron chi connectivity index (χ3n) is 3.59. The fourth-order valence-electron chi connectivity index (χ4n) is 2.14. The van der Waals surface area contributed by atoms with Gasteiger partial charge in [0, 0.05) is 18.3 Å². The van der Waals surface area contributed by atoms with Gasteiger partial charge in [-0.3, -0.25) is 4.68 Å². The van der Waals surface area contributed by atoms with Crippen LogP contribution in [0.2, 0.25) is 0 Å². The van der Waals surface area contributed by atoms with E-state index in [9.17, 15) is 0 Å². The smallest absolute Gasteiger partial charge is 0.0625 e. The normalized spacial score (nSPS) is 11.4. The molecule has 0 aliphatic carbocycles. The Morgan fingerprint density at radius 3 is 2.28 bits per heavy atom. The van der Waals surface area contributed by atoms with Gasteiger partial charge in [0.15, 0.2) is 0 Å². The lowest BCUT2D eigenvalue weighted by Gasteiger charge is -2.08. The molecule has 0 saturated carbocycles. The van der Waals surface area contributed by atoms with Crippen molar-refractivity contribution in [3.05, 3.63) is 17.0 Å². The van der Waals surface area contributed by atoms with E-state index in [4.69, 9.17) is 0 Å². The number of nitrogens with zero attached hydrogens (tertiary/aromatic N) is 2. The second-order valence-electron chi connectivity index (χ2n) is 5.54. The standard InChI is InChI=1S/C15H29N3/c1-12(2)16-10-8-6-7-9-11-18-15(5)13(3)14(4)17-18/h12,16H,6-11H2,1-5H3. The molecule has 0 aromatic carbocycles. The van der Waals surface area contributed by atoms with Gasteiger partial charge in [-0.25, -0.2) is 0 Å². The zero-order valence-electron chi connectivity index (χ0n) is 12.7. The highest BCUT2D eigenvalue weighted by atomic mass is 15.3. The molecule has 0 aliphatic heterocycles. The molecule has 1 aromatic heterocycles. The van der Waals surface area contributed by atoms with Crippen molar-refractivity contribution in [1.82, 2.24) is 15.1 Å². The second-order valence-corrected chi connectivity index (χ2v) is 5.54. The quantitative estimate of drug-likeness (QED) is 0.718. The van der Waals surface area contributed by atoms with Crippen LogP contribution in [0.1, 0.15) is 56.5 Å². The highest BCUT2D eigenvalue weighted by Gasteiger charge is 2.06. The molecular weight excluding hydrogens is 222 g/mol. The maximum Gasteiger partial charge on any atom is 0.0625 e. The average Bonchev–Trinajstić information content (AvgIpc) is 2.55. The highest BCUT2D eigenvalue weighted by molar-refractivity contribution is 5.21. The molecule has 1 aromatic rings. The summed E-state index contributed by atoms with van der Waals surface area (Å²) in [5.41, 5.74) is 3.85. The number of aryl methyl sites for hydroxylation is 2. The Morgan fingerprint density at radius 1 is 1.06 bits per heavy atom. The van der Waals surface area contributed by atoms with Gasteiger partial charge in [0.25, 0.3) is 0 Å². The summed E-state index contributed by atoms with van der Waals surface area (Å²) in [5, 5.41) is 8.03. The molecule has 0 amide bonds. The minimum Gasteiger partial charge on any atom is -0.315 e. The van der Waals surface area contributed by atoms with Gasteiger partial charge in [0.1, 0.15) is 0 Å². The molecule has 0 radical (unpaired) electrons. The monoisotopic (exact) mass is 251 g/mol. The van der Waals surface area contributed by atoms with Crippen molar-refractivity contribution in [1.29, 1.82) is 0 Å². The lowest BCUT2D eigenvalue weighted by Crippen LogP contribution is -2.23. The van der Waals surface area contributed by atoms with E-state index in [2.05, 4.69) is 49.7 Å². The molecular formula is C15H29N3. The molecule has 104 valence electrons. The van der Waals surface area contributed by atoms with Crippen LogP contribution < -0.4 is 5.32 Å². The Balaban J connectivity index is 2.13. The number of hydrogen-bond acceptors (Lipinski definition) is 2. The van der Waals surface area contributed by atoms with E-state index < -0.39 is 0 Å². The van der Waals surface area contributed by atoms with Gasteiger partial charge in [-0.1, -0.05) is 26.7 Å². The molecule has 0 bridgehead atoms. The summed E-state index contributed by atoms with van der Waals surface area (Å²) in [4.78, 5) is 0. The Hall–Kier alpha value is -0.830. The summed E-state index contributed by atoms with van der Waals surface area (Å²) in [6.07, 6.45) is 5.15. The largest absolute Gasteiger partial charge is 0.315 e. The van der Waals surface area contributed by atoms with Crippen LogP contribution in [0.5, 0.6) is 0 Å². The Kier molecular flexibility index (Phi) is 6.41. The summed E-state index contributed by atoms with van der Waals surface area (Å²) in [6, 6.07) is 0.614. The lowest BCUT2D eigenvalue weighted by atomic mass is 10.2. The zero-order chi connectivity index (χ0) is 13.5. The SMILES string of the molecule is Cc1nn(CCCCCCNC(C)C)c(C)c1C. The molecule has 1 heterocycles. The first-order valence-electron chi connectivity index (χ1n) is 7.26. The summed E-state index contributed by atoms with van der Waals surface area (Å²) in [5.74, 6) is 0. The van der Waals surface area contributed by atoms with Crippen molar-refractivity contribution >= 4 is 0 Å². The van der Waals surface area contributed by atoms with Crippen molar-refractivity contribution in [2.75, 3.05) is 6.54 Å². The van der Waals surface area contributed by atoms with Gasteiger partial charge in [0.05, 0.1) is 5.69 Å². The third-order valence-corrected chi connectivity index (χ3v) is 3.59. The molecule has 1 rings (SSSR count). The van der Waals surface area contributed by atoms with Crippen LogP contribution in [0.15, 0.2) is 0 Å². The van der Waals surface area contributed by atoms with Crippen molar-refractivity contribution in [2.45, 2.75) is 72.9 Å². The lowest BCUT2D eigenvalue weighted by molar-refractivity contribution is 0.504. The molecule has 3 heteroatoms. The summed E-state index contributed by atoms with van der Waals surface area (Å²) in [6.45, 7) is 13.0. The molecule has 0 aliphatic rings. The van der Waals surface area contributed by atoms with E-state index >= 15 is 0 Å². The molecule has 18 heavy (non-hydrogen) atoms. The Morgan fingerprint density at radius 2 is 1.72 bits per heavy atom. The topological polar surface area (TPSA) is 29.9 Å². The highest BCUT2D eigenvalue weighted by Crippen LogP contribution is 2.12. The molecule has 0 fully saturated rings. The van der Waals surface area contributed by atoms with Crippen molar-refractivity contribution in [3.63, 3.8) is 0 Å². The molecule has 0 unspecified atom stereocenters. The van der Waals surface area contributed by atoms with Crippen LogP contribution in [-0.2, 0) is 6.54 Å². The summed E-state index contributed by atoms with van der Waals surface area (Å²) >= 11 is 0. The van der Waals surface area contributed by atoms with Gasteiger partial charge >= 0.3 is 0 Å². The van der Waals surface area contributed by atoms with Gasteiger partial charge in [-0.05, 0) is 45.7 Å². The number of unbranched alkanes of at least 4 members (excludes halogenated alkanes) is 3. The predicted octanol–water partition coefficient (Wildman–Crippen LogP) is 3.37. The number of rotatable bonds is 8. The Labute approximate surface area is 112 Å². The molecule has 1 N–H and O–H groups in total. The maximum absolute atomic E-state index is 4.57. The average molecular weight is 251 g/mol. The molecule has 0 saturated heterocycles. The van der Waals surface area contributed by atoms with E-state index in [-0.39, 0.29) is 0 Å². The van der Waals surface area contributed by atoms with E-state index in [0.29, 0.717) is 6.04 Å². The second kappa shape index (κ2) is 7.57. The molecule has 3 nitrogen and oxygen atoms in total. The van der Waals surface area contributed by atoms with Crippen LogP contribution in [0.3, 0.4) is 0 Å². The van der Waals surface area contributed by atoms with Gasteiger partial charge in [0.2, 0.25) is 0 Å². The molecule has 0 atom stereocenters. The van der Waals surface area contributed by atoms with Gasteiger partial charge < -0.3 is 5.32 Å². The third kappa shape index (κ3) is 4.81. The molecule has 0 spiro atoms. The Bertz CT molecular complexity index is 353. The van der Waals surface area contributed by atoms with Gasteiger partial charge in [-0.2, -0.15) is 5.10 Å². The van der Waals surface area contributed by atoms with Crippen LogP contribution in [0, 0.1) is 20.8 Å². The van der Waals surface area contributed by atoms with Crippen molar-refractivity contribution in [2.24, 2.45) is 0 Å². The van der Waals surface area contributed by atoms with E-state index in [1.807, 2.05) is 0 Å². The van der Waals surface area contributed by atoms with Crippen LogP contribution in [0.25, 0.3) is 0 Å². The number of aromatic nitrogens is 2. The van der Waals surface area contributed by atoms with E-state index in [1.54, 1.807) is 0 Å². The van der Waals surface area contributed by atoms with E-state index in [1.165, 1.54) is 42.6 Å². The van der Waals surface area contributed by atoms with Crippen LogP contribution in [0.4, 0.5) is 0 Å². The van der Waals surface area contributed by atoms with Crippen LogP contribution in [-0.4, -0.2) is 22.4 Å². The number of hydrogen-bond donors (Lipinski definition) is 1. The van der Waals surface area contributed by atoms with Crippen LogP contribution >= 0.6 is 0 Å². The van der Waals surface area contributed by atoms with Crippen molar-refractivity contribution in [3.8, 4) is 0 Å². The van der Waals surface area contributed by atoms with Gasteiger partial charge in [-0.15, -0.1) is 0 Å². The minimum absolute atomic E-state index is 0.614.